The lowest BCUT2D eigenvalue weighted by molar-refractivity contribution is -0.137. The summed E-state index contributed by atoms with van der Waals surface area (Å²) in [6, 6.07) is 5.50. The van der Waals surface area contributed by atoms with Gasteiger partial charge in [-0.1, -0.05) is 36.7 Å². The zero-order valence-electron chi connectivity index (χ0n) is 22.7. The quantitative estimate of drug-likeness (QED) is 0.319. The van der Waals surface area contributed by atoms with Crippen molar-refractivity contribution in [3.05, 3.63) is 45.8 Å². The summed E-state index contributed by atoms with van der Waals surface area (Å²) in [6.07, 6.45) is 7.54. The van der Waals surface area contributed by atoms with Crippen LogP contribution in [-0.4, -0.2) is 35.9 Å². The Kier molecular flexibility index (Phi) is 10.2. The number of carbonyl (C=O) groups excluding carboxylic acids is 1. The van der Waals surface area contributed by atoms with Gasteiger partial charge in [0.15, 0.2) is 0 Å². The van der Waals surface area contributed by atoms with Gasteiger partial charge in [0.05, 0.1) is 23.0 Å². The molecule has 0 spiro atoms. The summed E-state index contributed by atoms with van der Waals surface area (Å²) in [5, 5.41) is 16.4. The maximum atomic E-state index is 10.7. The van der Waals surface area contributed by atoms with Crippen LogP contribution in [0.1, 0.15) is 100 Å². The Labute approximate surface area is 225 Å². The van der Waals surface area contributed by atoms with E-state index in [0.717, 1.165) is 36.0 Å². The number of carboxylic acid groups (broad SMARTS) is 1. The second kappa shape index (κ2) is 12.9. The van der Waals surface area contributed by atoms with Gasteiger partial charge < -0.3 is 19.7 Å². The second-order valence-electron chi connectivity index (χ2n) is 11.4. The van der Waals surface area contributed by atoms with Gasteiger partial charge in [-0.3, -0.25) is 9.59 Å². The molecule has 2 aliphatic carbocycles. The maximum Gasteiger partial charge on any atom is 0.303 e. The average molecular weight is 533 g/mol. The van der Waals surface area contributed by atoms with Gasteiger partial charge in [-0.2, -0.15) is 0 Å². The van der Waals surface area contributed by atoms with Gasteiger partial charge in [0.1, 0.15) is 5.76 Å². The van der Waals surface area contributed by atoms with Crippen LogP contribution in [0.5, 0.6) is 0 Å². The van der Waals surface area contributed by atoms with Crippen molar-refractivity contribution in [2.24, 2.45) is 11.3 Å². The molecule has 2 saturated carbocycles. The van der Waals surface area contributed by atoms with Gasteiger partial charge in [-0.25, -0.2) is 0 Å². The first-order chi connectivity index (χ1) is 17.5. The van der Waals surface area contributed by atoms with E-state index in [-0.39, 0.29) is 17.7 Å². The molecule has 7 nitrogen and oxygen atoms in total. The molecule has 1 aromatic heterocycles. The van der Waals surface area contributed by atoms with Crippen molar-refractivity contribution in [1.82, 2.24) is 5.16 Å². The van der Waals surface area contributed by atoms with E-state index in [0.29, 0.717) is 29.0 Å². The molecular formula is C29H41ClN2O5. The van der Waals surface area contributed by atoms with Crippen LogP contribution in [-0.2, 0) is 20.7 Å². The molecule has 2 aromatic rings. The summed E-state index contributed by atoms with van der Waals surface area (Å²) >= 11 is 5.86. The number of aromatic nitrogens is 1. The number of rotatable bonds is 11. The van der Waals surface area contributed by atoms with Gasteiger partial charge in [0.25, 0.3) is 0 Å². The number of benzene rings is 1. The molecule has 4 rings (SSSR count). The molecule has 2 fully saturated rings. The number of hydrogen-bond acceptors (Lipinski definition) is 5. The van der Waals surface area contributed by atoms with Gasteiger partial charge in [-0.05, 0) is 86.8 Å². The van der Waals surface area contributed by atoms with Crippen molar-refractivity contribution < 1.29 is 24.0 Å². The zero-order chi connectivity index (χ0) is 27.2. The van der Waals surface area contributed by atoms with Crippen molar-refractivity contribution in [3.63, 3.8) is 0 Å². The number of nitrogens with one attached hydrogen (secondary N) is 1. The lowest BCUT2D eigenvalue weighted by Crippen LogP contribution is -2.30. The van der Waals surface area contributed by atoms with Crippen molar-refractivity contribution in [1.29, 1.82) is 0 Å². The fraction of sp³-hybridized carbons (Fsp3) is 0.621. The molecule has 0 atom stereocenters. The van der Waals surface area contributed by atoms with Gasteiger partial charge in [0.2, 0.25) is 5.91 Å². The standard InChI is InChI=1S/C20H31NO4.C9H10ClNO/c1-20(2,12-24-3)11-13-9-15(10-13)19-18(14-7-8-14)16(21-25-19)5-4-6-17(22)23;1-6-3-4-9(8(10)5-6)11-7(2)12/h13-15H,4-12H2,1-3H3,(H,22,23);3-5H,1-2H3,(H,11,12). The summed E-state index contributed by atoms with van der Waals surface area (Å²) in [7, 11) is 1.77. The third-order valence-electron chi connectivity index (χ3n) is 7.04. The van der Waals surface area contributed by atoms with Crippen LogP contribution >= 0.6 is 11.6 Å². The number of carboxylic acids is 1. The Morgan fingerprint density at radius 1 is 1.24 bits per heavy atom. The predicted octanol–water partition coefficient (Wildman–Crippen LogP) is 7.12. The molecule has 2 aliphatic rings. The Bertz CT molecular complexity index is 1070. The maximum absolute atomic E-state index is 10.7. The number of nitrogens with zero attached hydrogens (tertiary/aromatic N) is 1. The van der Waals surface area contributed by atoms with E-state index in [9.17, 15) is 9.59 Å². The largest absolute Gasteiger partial charge is 0.481 e. The number of anilines is 1. The van der Waals surface area contributed by atoms with Crippen molar-refractivity contribution >= 4 is 29.2 Å². The first kappa shape index (κ1) is 29.2. The van der Waals surface area contributed by atoms with E-state index in [1.165, 1.54) is 44.6 Å². The fourth-order valence-electron chi connectivity index (χ4n) is 5.29. The molecule has 1 heterocycles. The molecule has 2 N–H and O–H groups in total. The molecule has 37 heavy (non-hydrogen) atoms. The highest BCUT2D eigenvalue weighted by Gasteiger charge is 2.41. The van der Waals surface area contributed by atoms with Crippen LogP contribution in [0, 0.1) is 18.3 Å². The molecule has 204 valence electrons. The molecular weight excluding hydrogens is 492 g/mol. The molecule has 0 unspecified atom stereocenters. The summed E-state index contributed by atoms with van der Waals surface area (Å²) in [4.78, 5) is 21.4. The number of amides is 1. The Morgan fingerprint density at radius 2 is 1.95 bits per heavy atom. The van der Waals surface area contributed by atoms with Crippen LogP contribution in [0.25, 0.3) is 0 Å². The van der Waals surface area contributed by atoms with Gasteiger partial charge in [0, 0.05) is 31.9 Å². The van der Waals surface area contributed by atoms with E-state index < -0.39 is 5.97 Å². The third-order valence-corrected chi connectivity index (χ3v) is 7.35. The molecule has 0 bridgehead atoms. The van der Waals surface area contributed by atoms with Crippen LogP contribution in [0.3, 0.4) is 0 Å². The number of methoxy groups -OCH3 is 1. The predicted molar refractivity (Wildman–Crippen MR) is 145 cm³/mol. The smallest absolute Gasteiger partial charge is 0.303 e. The number of aliphatic carboxylic acids is 1. The topological polar surface area (TPSA) is 102 Å². The van der Waals surface area contributed by atoms with Crippen LogP contribution in [0.2, 0.25) is 5.02 Å². The minimum atomic E-state index is -0.739. The molecule has 1 amide bonds. The van der Waals surface area contributed by atoms with E-state index in [2.05, 4.69) is 24.3 Å². The summed E-state index contributed by atoms with van der Waals surface area (Å²) in [5.41, 5.74) is 4.31. The van der Waals surface area contributed by atoms with Crippen molar-refractivity contribution in [3.8, 4) is 0 Å². The minimum absolute atomic E-state index is 0.110. The van der Waals surface area contributed by atoms with E-state index in [1.807, 2.05) is 19.1 Å². The number of hydrogen-bond donors (Lipinski definition) is 2. The first-order valence-corrected chi connectivity index (χ1v) is 13.6. The SMILES string of the molecule is CC(=O)Nc1ccc(C)cc1Cl.COCC(C)(C)CC1CC(c2onc(CCCC(=O)O)c2C2CC2)C1. The molecule has 0 saturated heterocycles. The Morgan fingerprint density at radius 3 is 2.51 bits per heavy atom. The normalized spacial score (nSPS) is 19.0. The number of carbonyl (C=O) groups is 2. The summed E-state index contributed by atoms with van der Waals surface area (Å²) in [5.74, 6) is 2.10. The monoisotopic (exact) mass is 532 g/mol. The molecule has 0 aliphatic heterocycles. The first-order valence-electron chi connectivity index (χ1n) is 13.2. The van der Waals surface area contributed by atoms with Crippen molar-refractivity contribution in [2.75, 3.05) is 19.0 Å². The van der Waals surface area contributed by atoms with Gasteiger partial charge in [-0.15, -0.1) is 0 Å². The number of ether oxygens (including phenoxy) is 1. The van der Waals surface area contributed by atoms with E-state index in [1.54, 1.807) is 13.2 Å². The van der Waals surface area contributed by atoms with Crippen LogP contribution in [0.15, 0.2) is 22.7 Å². The summed E-state index contributed by atoms with van der Waals surface area (Å²) in [6.45, 7) is 8.75. The lowest BCUT2D eigenvalue weighted by Gasteiger charge is -2.39. The molecule has 1 aromatic carbocycles. The Balaban J connectivity index is 0.000000266. The number of halogens is 1. The highest BCUT2D eigenvalue weighted by molar-refractivity contribution is 6.33. The van der Waals surface area contributed by atoms with Crippen molar-refractivity contribution in [2.45, 2.75) is 90.9 Å². The zero-order valence-corrected chi connectivity index (χ0v) is 23.5. The third kappa shape index (κ3) is 8.85. The molecule has 0 radical (unpaired) electrons. The van der Waals surface area contributed by atoms with E-state index in [4.69, 9.17) is 26.0 Å². The number of aryl methyl sites for hydroxylation is 2. The molecule has 8 heteroatoms. The van der Waals surface area contributed by atoms with Crippen LogP contribution in [0.4, 0.5) is 5.69 Å². The van der Waals surface area contributed by atoms with Gasteiger partial charge >= 0.3 is 5.97 Å². The Hall–Kier alpha value is -2.38. The highest BCUT2D eigenvalue weighted by atomic mass is 35.5. The fourth-order valence-corrected chi connectivity index (χ4v) is 5.58. The average Bonchev–Trinajstić information content (AvgIpc) is 3.52. The lowest BCUT2D eigenvalue weighted by atomic mass is 9.66. The highest BCUT2D eigenvalue weighted by Crippen LogP contribution is 2.52. The summed E-state index contributed by atoms with van der Waals surface area (Å²) < 4.78 is 11.1. The van der Waals surface area contributed by atoms with Crippen LogP contribution < -0.4 is 5.32 Å². The van der Waals surface area contributed by atoms with E-state index >= 15 is 0 Å². The second-order valence-corrected chi connectivity index (χ2v) is 11.8. The minimum Gasteiger partial charge on any atom is -0.481 e.